The number of anilines is 1. The first-order valence-electron chi connectivity index (χ1n) is 7.43. The number of hydrogen-bond donors (Lipinski definition) is 1. The first kappa shape index (κ1) is 16.0. The van der Waals surface area contributed by atoms with E-state index in [0.29, 0.717) is 17.8 Å². The van der Waals surface area contributed by atoms with Gasteiger partial charge in [0.1, 0.15) is 11.3 Å². The molecular weight excluding hydrogens is 319 g/mol. The molecule has 0 fully saturated rings. The second kappa shape index (κ2) is 6.35. The molecule has 0 saturated heterocycles. The summed E-state index contributed by atoms with van der Waals surface area (Å²) in [5.74, 6) is -5.01. The number of carbonyl (C=O) groups excluding carboxylic acids is 1. The number of aromatic nitrogens is 2. The minimum absolute atomic E-state index is 0.247. The van der Waals surface area contributed by atoms with Crippen molar-refractivity contribution in [3.8, 4) is 0 Å². The predicted octanol–water partition coefficient (Wildman–Crippen LogP) is 3.96. The zero-order valence-electron chi connectivity index (χ0n) is 12.8. The first-order chi connectivity index (χ1) is 11.5. The number of aryl methyl sites for hydroxylation is 1. The van der Waals surface area contributed by atoms with E-state index < -0.39 is 29.0 Å². The number of amides is 1. The number of halogens is 3. The van der Waals surface area contributed by atoms with Crippen LogP contribution in [0.15, 0.2) is 36.5 Å². The Kier molecular flexibility index (Phi) is 4.24. The number of hydrogen-bond acceptors (Lipinski definition) is 2. The van der Waals surface area contributed by atoms with Crippen LogP contribution >= 0.6 is 0 Å². The lowest BCUT2D eigenvalue weighted by Gasteiger charge is -2.08. The summed E-state index contributed by atoms with van der Waals surface area (Å²) in [4.78, 5) is 17.0. The molecule has 24 heavy (non-hydrogen) atoms. The maximum Gasteiger partial charge on any atom is 0.274 e. The van der Waals surface area contributed by atoms with E-state index in [9.17, 15) is 18.0 Å². The lowest BCUT2D eigenvalue weighted by atomic mass is 10.2. The molecule has 0 saturated carbocycles. The van der Waals surface area contributed by atoms with Crippen molar-refractivity contribution in [2.45, 2.75) is 19.8 Å². The Bertz CT molecular complexity index is 921. The molecule has 3 rings (SSSR count). The van der Waals surface area contributed by atoms with Crippen LogP contribution in [0.5, 0.6) is 0 Å². The molecule has 4 nitrogen and oxygen atoms in total. The molecule has 0 aliphatic carbocycles. The quantitative estimate of drug-likeness (QED) is 0.735. The second-order valence-corrected chi connectivity index (χ2v) is 5.26. The van der Waals surface area contributed by atoms with Crippen molar-refractivity contribution in [1.82, 2.24) is 9.38 Å². The molecule has 2 aromatic heterocycles. The van der Waals surface area contributed by atoms with Gasteiger partial charge in [0, 0.05) is 6.20 Å². The van der Waals surface area contributed by atoms with E-state index in [1.54, 1.807) is 28.8 Å². The lowest BCUT2D eigenvalue weighted by Crippen LogP contribution is -2.17. The van der Waals surface area contributed by atoms with Crippen molar-refractivity contribution in [1.29, 1.82) is 0 Å². The molecule has 0 radical (unpaired) electrons. The van der Waals surface area contributed by atoms with Gasteiger partial charge in [0.05, 0.1) is 11.4 Å². The van der Waals surface area contributed by atoms with Crippen LogP contribution in [0.1, 0.15) is 29.5 Å². The van der Waals surface area contributed by atoms with Crippen molar-refractivity contribution >= 4 is 17.2 Å². The largest absolute Gasteiger partial charge is 0.318 e. The summed E-state index contributed by atoms with van der Waals surface area (Å²) in [5, 5.41) is 2.29. The Labute approximate surface area is 135 Å². The molecule has 0 bridgehead atoms. The fraction of sp³-hybridized carbons (Fsp3) is 0.176. The first-order valence-corrected chi connectivity index (χ1v) is 7.43. The van der Waals surface area contributed by atoms with E-state index in [2.05, 4.69) is 10.3 Å². The van der Waals surface area contributed by atoms with Crippen molar-refractivity contribution in [2.24, 2.45) is 0 Å². The number of nitrogens with zero attached hydrogens (tertiary/aromatic N) is 2. The highest BCUT2D eigenvalue weighted by molar-refractivity contribution is 6.04. The Morgan fingerprint density at radius 2 is 1.96 bits per heavy atom. The van der Waals surface area contributed by atoms with Gasteiger partial charge in [-0.1, -0.05) is 19.4 Å². The van der Waals surface area contributed by atoms with Crippen LogP contribution in [0.25, 0.3) is 5.65 Å². The summed E-state index contributed by atoms with van der Waals surface area (Å²) in [7, 11) is 0. The number of fused-ring (bicyclic) bond motifs is 1. The highest BCUT2D eigenvalue weighted by Crippen LogP contribution is 2.22. The third-order valence-electron chi connectivity index (χ3n) is 3.59. The summed E-state index contributed by atoms with van der Waals surface area (Å²) in [6.45, 7) is 1.95. The minimum Gasteiger partial charge on any atom is -0.318 e. The number of imidazole rings is 1. The number of carbonyl (C=O) groups is 1. The van der Waals surface area contributed by atoms with E-state index in [4.69, 9.17) is 0 Å². The second-order valence-electron chi connectivity index (χ2n) is 5.26. The Balaban J connectivity index is 2.03. The van der Waals surface area contributed by atoms with Crippen molar-refractivity contribution in [3.05, 3.63) is 65.4 Å². The van der Waals surface area contributed by atoms with Crippen molar-refractivity contribution in [2.75, 3.05) is 5.32 Å². The Morgan fingerprint density at radius 1 is 1.17 bits per heavy atom. The van der Waals surface area contributed by atoms with Gasteiger partial charge in [-0.15, -0.1) is 0 Å². The van der Waals surface area contributed by atoms with E-state index in [1.165, 1.54) is 0 Å². The minimum atomic E-state index is -1.63. The van der Waals surface area contributed by atoms with Crippen LogP contribution in [0.2, 0.25) is 0 Å². The van der Waals surface area contributed by atoms with Crippen LogP contribution in [0.3, 0.4) is 0 Å². The van der Waals surface area contributed by atoms with Gasteiger partial charge in [-0.2, -0.15) is 0 Å². The Morgan fingerprint density at radius 3 is 2.71 bits per heavy atom. The fourth-order valence-corrected chi connectivity index (χ4v) is 2.50. The van der Waals surface area contributed by atoms with Gasteiger partial charge in [0.25, 0.3) is 5.91 Å². The summed E-state index contributed by atoms with van der Waals surface area (Å²) in [6, 6.07) is 7.01. The standard InChI is InChI=1S/C17H14F3N3O/c1-2-5-12-16(23-9-4-3-6-13(23)21-12)17(24)22-11-8-7-10(18)14(19)15(11)20/h3-4,6-9H,2,5H2,1H3,(H,22,24). The molecule has 0 atom stereocenters. The average Bonchev–Trinajstić information content (AvgIpc) is 2.94. The normalized spacial score (nSPS) is 11.0. The molecule has 0 aliphatic heterocycles. The molecule has 0 unspecified atom stereocenters. The molecule has 0 spiro atoms. The summed E-state index contributed by atoms with van der Waals surface area (Å²) in [5.41, 5.74) is 0.963. The average molecular weight is 333 g/mol. The number of nitrogens with one attached hydrogen (secondary N) is 1. The zero-order valence-corrected chi connectivity index (χ0v) is 12.8. The zero-order chi connectivity index (χ0) is 17.3. The van der Waals surface area contributed by atoms with Crippen LogP contribution in [-0.4, -0.2) is 15.3 Å². The van der Waals surface area contributed by atoms with Crippen molar-refractivity contribution < 1.29 is 18.0 Å². The van der Waals surface area contributed by atoms with Crippen LogP contribution in [-0.2, 0) is 6.42 Å². The van der Waals surface area contributed by atoms with Gasteiger partial charge in [0.15, 0.2) is 17.5 Å². The molecular formula is C17H14F3N3O. The molecule has 2 heterocycles. The fourth-order valence-electron chi connectivity index (χ4n) is 2.50. The van der Waals surface area contributed by atoms with Crippen molar-refractivity contribution in [3.63, 3.8) is 0 Å². The van der Waals surface area contributed by atoms with E-state index in [0.717, 1.165) is 18.6 Å². The number of pyridine rings is 1. The monoisotopic (exact) mass is 333 g/mol. The third-order valence-corrected chi connectivity index (χ3v) is 3.59. The van der Waals surface area contributed by atoms with E-state index in [-0.39, 0.29) is 5.69 Å². The number of rotatable bonds is 4. The Hall–Kier alpha value is -2.83. The van der Waals surface area contributed by atoms with E-state index >= 15 is 0 Å². The van der Waals surface area contributed by atoms with Gasteiger partial charge in [-0.3, -0.25) is 9.20 Å². The summed E-state index contributed by atoms with van der Waals surface area (Å²) < 4.78 is 41.7. The molecule has 1 N–H and O–H groups in total. The highest BCUT2D eigenvalue weighted by atomic mass is 19.2. The highest BCUT2D eigenvalue weighted by Gasteiger charge is 2.21. The van der Waals surface area contributed by atoms with Gasteiger partial charge in [0.2, 0.25) is 0 Å². The molecule has 7 heteroatoms. The van der Waals surface area contributed by atoms with Gasteiger partial charge < -0.3 is 5.32 Å². The maximum absolute atomic E-state index is 13.8. The van der Waals surface area contributed by atoms with Crippen LogP contribution < -0.4 is 5.32 Å². The maximum atomic E-state index is 13.8. The van der Waals surface area contributed by atoms with Gasteiger partial charge in [-0.25, -0.2) is 18.2 Å². The molecule has 1 amide bonds. The van der Waals surface area contributed by atoms with Crippen LogP contribution in [0.4, 0.5) is 18.9 Å². The lowest BCUT2D eigenvalue weighted by molar-refractivity contribution is 0.102. The van der Waals surface area contributed by atoms with Gasteiger partial charge >= 0.3 is 0 Å². The molecule has 3 aromatic rings. The smallest absolute Gasteiger partial charge is 0.274 e. The SMILES string of the molecule is CCCc1nc2ccccn2c1C(=O)Nc1ccc(F)c(F)c1F. The third kappa shape index (κ3) is 2.73. The number of benzene rings is 1. The molecule has 124 valence electrons. The predicted molar refractivity (Wildman–Crippen MR) is 83.5 cm³/mol. The molecule has 1 aromatic carbocycles. The van der Waals surface area contributed by atoms with Crippen LogP contribution in [0, 0.1) is 17.5 Å². The summed E-state index contributed by atoms with van der Waals surface area (Å²) in [6.07, 6.45) is 2.99. The van der Waals surface area contributed by atoms with E-state index in [1.807, 2.05) is 6.92 Å². The topological polar surface area (TPSA) is 46.4 Å². The van der Waals surface area contributed by atoms with Gasteiger partial charge in [-0.05, 0) is 30.7 Å². The molecule has 0 aliphatic rings. The summed E-state index contributed by atoms with van der Waals surface area (Å²) >= 11 is 0.